The Hall–Kier alpha value is -6.56. The Kier molecular flexibility index (Phi) is 17.1. The second-order valence-corrected chi connectivity index (χ2v) is 24.2. The molecular formula is C70H81N3O9. The molecule has 0 amide bonds. The molecule has 4 aliphatic heterocycles. The van der Waals surface area contributed by atoms with Gasteiger partial charge in [0.25, 0.3) is 0 Å². The number of phenols is 3. The van der Waals surface area contributed by atoms with Crippen molar-refractivity contribution >= 4 is 16.6 Å². The predicted molar refractivity (Wildman–Crippen MR) is 319 cm³/mol. The summed E-state index contributed by atoms with van der Waals surface area (Å²) in [5.74, 6) is 9.65. The van der Waals surface area contributed by atoms with Gasteiger partial charge in [0, 0.05) is 77.8 Å². The number of dihydropyridines is 1. The van der Waals surface area contributed by atoms with Gasteiger partial charge in [0.2, 0.25) is 0 Å². The first-order chi connectivity index (χ1) is 40.1. The van der Waals surface area contributed by atoms with Crippen molar-refractivity contribution in [1.82, 2.24) is 15.2 Å². The molecule has 12 rings (SSSR count). The largest absolute Gasteiger partial charge is 0.508 e. The van der Waals surface area contributed by atoms with Crippen molar-refractivity contribution < 1.29 is 44.5 Å². The van der Waals surface area contributed by atoms with E-state index in [0.29, 0.717) is 57.0 Å². The van der Waals surface area contributed by atoms with Crippen LogP contribution in [0.2, 0.25) is 0 Å². The monoisotopic (exact) mass is 1110 g/mol. The highest BCUT2D eigenvalue weighted by Crippen LogP contribution is 2.59. The minimum absolute atomic E-state index is 0.0419. The van der Waals surface area contributed by atoms with Gasteiger partial charge in [0.05, 0.1) is 31.1 Å². The number of aliphatic hydroxyl groups is 2. The number of aromatic hydroxyl groups is 3. The Bertz CT molecular complexity index is 3360. The summed E-state index contributed by atoms with van der Waals surface area (Å²) in [6, 6.07) is 32.6. The molecule has 0 radical (unpaired) electrons. The van der Waals surface area contributed by atoms with E-state index in [0.717, 1.165) is 126 Å². The van der Waals surface area contributed by atoms with E-state index in [9.17, 15) is 25.5 Å². The quantitative estimate of drug-likeness (QED) is 0.0334. The Morgan fingerprint density at radius 3 is 2.57 bits per heavy atom. The number of benzene rings is 5. The van der Waals surface area contributed by atoms with Crippen LogP contribution in [0, 0.1) is 23.7 Å². The molecule has 430 valence electrons. The zero-order valence-corrected chi connectivity index (χ0v) is 47.4. The van der Waals surface area contributed by atoms with Gasteiger partial charge in [-0.2, -0.15) is 0 Å². The number of phenolic OH excluding ortho intramolecular Hbond substituents is 3. The molecule has 6 atom stereocenters. The number of aryl methyl sites for hydroxylation is 3. The number of rotatable bonds is 13. The molecule has 6 bridgehead atoms. The maximum Gasteiger partial charge on any atom is 0.161 e. The fourth-order valence-electron chi connectivity index (χ4n) is 14.7. The van der Waals surface area contributed by atoms with Crippen LogP contribution in [0.25, 0.3) is 16.6 Å². The van der Waals surface area contributed by atoms with E-state index in [1.807, 2.05) is 30.3 Å². The van der Waals surface area contributed by atoms with Crippen molar-refractivity contribution in [3.63, 3.8) is 0 Å². The first-order valence-electron chi connectivity index (χ1n) is 30.5. The van der Waals surface area contributed by atoms with Crippen LogP contribution >= 0.6 is 0 Å². The molecule has 2 fully saturated rings. The zero-order chi connectivity index (χ0) is 56.0. The van der Waals surface area contributed by atoms with E-state index in [2.05, 4.69) is 88.0 Å². The van der Waals surface area contributed by atoms with Crippen LogP contribution in [0.3, 0.4) is 0 Å². The molecule has 12 heteroatoms. The van der Waals surface area contributed by atoms with Crippen LogP contribution in [-0.2, 0) is 51.9 Å². The highest BCUT2D eigenvalue weighted by Gasteiger charge is 2.58. The maximum atomic E-state index is 11.8. The summed E-state index contributed by atoms with van der Waals surface area (Å²) >= 11 is 0. The van der Waals surface area contributed by atoms with Gasteiger partial charge < -0.3 is 54.4 Å². The number of hydrogen-bond donors (Lipinski definition) is 7. The van der Waals surface area contributed by atoms with Crippen molar-refractivity contribution in [3.8, 4) is 34.8 Å². The summed E-state index contributed by atoms with van der Waals surface area (Å²) in [6.07, 6.45) is 21.7. The first kappa shape index (κ1) is 55.9. The summed E-state index contributed by atoms with van der Waals surface area (Å²) in [6.45, 7) is 2.12. The highest BCUT2D eigenvalue weighted by molar-refractivity contribution is 5.89. The average Bonchev–Trinajstić information content (AvgIpc) is 1.98. The molecule has 7 N–H and O–H groups in total. The maximum absolute atomic E-state index is 11.8. The highest BCUT2D eigenvalue weighted by atomic mass is 16.5. The van der Waals surface area contributed by atoms with Crippen LogP contribution in [0.5, 0.6) is 23.0 Å². The number of ether oxygens (including phenoxy) is 4. The number of nitrogens with one attached hydrogen (secondary N) is 2. The van der Waals surface area contributed by atoms with Crippen molar-refractivity contribution in [2.75, 3.05) is 33.2 Å². The summed E-state index contributed by atoms with van der Waals surface area (Å²) < 4.78 is 29.2. The van der Waals surface area contributed by atoms with Crippen molar-refractivity contribution in [3.05, 3.63) is 171 Å². The van der Waals surface area contributed by atoms with Crippen molar-refractivity contribution in [2.24, 2.45) is 11.8 Å². The molecule has 6 aromatic rings. The average molecular weight is 1110 g/mol. The third kappa shape index (κ3) is 12.1. The first-order valence-corrected chi connectivity index (χ1v) is 30.5. The molecule has 1 unspecified atom stereocenters. The van der Waals surface area contributed by atoms with Crippen LogP contribution in [0.15, 0.2) is 127 Å². The molecule has 82 heavy (non-hydrogen) atoms. The van der Waals surface area contributed by atoms with Crippen molar-refractivity contribution in [1.29, 1.82) is 0 Å². The predicted octanol–water partition coefficient (Wildman–Crippen LogP) is 11.8. The number of aromatic nitrogens is 1. The van der Waals surface area contributed by atoms with Crippen LogP contribution < -0.4 is 15.4 Å². The second-order valence-electron chi connectivity index (χ2n) is 24.2. The summed E-state index contributed by atoms with van der Waals surface area (Å²) in [7, 11) is 0. The number of hydrogen-bond acceptors (Lipinski definition) is 11. The lowest BCUT2D eigenvalue weighted by molar-refractivity contribution is -0.166. The molecule has 6 aliphatic rings. The van der Waals surface area contributed by atoms with Gasteiger partial charge in [-0.3, -0.25) is 5.32 Å². The molecule has 1 aromatic heterocycles. The molecule has 1 spiro atoms. The fourth-order valence-corrected chi connectivity index (χ4v) is 14.7. The standard InChI is InChI=1S/C70H81N3O9/c74-31-6-7-32-79-46-71-67-40-52-22-18-47(16-17-48-20-25-63(77)53(34-48)35-50-11-8-13-57(75)36-50)10-9-14-59-41-58(76)24-19-49-21-26-64(78)65(37-49)81-44-55-39-56(38-54-42-73(43-60(54)55)68(72-67)61(52)45-80-59)70-30-33-82-69(28-4-1-5-29-69)66(70)27-23-51-12-2-3-15-62(51)70/h2-3,8,11-13,15,20-21,25-26,34,36-40,42-43,47,58-59,66-67,71-72,74-78H,1,4-7,9-10,14,16-17,19,23-24,27-33,35,41,44-46H2/t47-,58+,59-,66-,67?,70-/m0/s1. The smallest absolute Gasteiger partial charge is 0.161 e. The van der Waals surface area contributed by atoms with Gasteiger partial charge >= 0.3 is 0 Å². The van der Waals surface area contributed by atoms with E-state index in [1.54, 1.807) is 24.3 Å². The Morgan fingerprint density at radius 1 is 0.793 bits per heavy atom. The van der Waals surface area contributed by atoms with E-state index >= 15 is 0 Å². The molecule has 1 saturated carbocycles. The lowest BCUT2D eigenvalue weighted by Crippen LogP contribution is -2.59. The summed E-state index contributed by atoms with van der Waals surface area (Å²) in [4.78, 5) is 0. The summed E-state index contributed by atoms with van der Waals surface area (Å²) in [5.41, 5.74) is 10.3. The SMILES string of the molecule is OCCCCOCNC1C=C2C#C[C@H](CCc3ccc(O)c(Cc4cccc(O)c4)c3)CCC[C@H]3C[C@H](O)CCc4ccc(O)c(c4)OCc4cc([C@]56CCOC7(CCCCC7)[C@@H]5CCc5ccccc56)cc5cn(cc45)C(=C2CO3)N1. The topological polar surface area (TPSA) is 167 Å². The number of fused-ring (bicyclic) bond motifs is 10. The Morgan fingerprint density at radius 2 is 1.68 bits per heavy atom. The molecule has 5 heterocycles. The molecule has 12 nitrogen and oxygen atoms in total. The van der Waals surface area contributed by atoms with Crippen LogP contribution in [0.4, 0.5) is 0 Å². The van der Waals surface area contributed by atoms with E-state index in [-0.39, 0.29) is 73.0 Å². The zero-order valence-electron chi connectivity index (χ0n) is 47.4. The van der Waals surface area contributed by atoms with Crippen LogP contribution in [-0.4, -0.2) is 87.2 Å². The normalized spacial score (nSPS) is 24.4. The Balaban J connectivity index is 0.971. The third-order valence-corrected chi connectivity index (χ3v) is 18.9. The van der Waals surface area contributed by atoms with Gasteiger partial charge in [-0.05, 0) is 183 Å². The van der Waals surface area contributed by atoms with E-state index in [4.69, 9.17) is 18.9 Å². The molecule has 2 aliphatic carbocycles. The van der Waals surface area contributed by atoms with E-state index < -0.39 is 6.10 Å². The molecule has 1 saturated heterocycles. The number of nitrogens with zero attached hydrogens (tertiary/aromatic N) is 1. The fraction of sp³-hybridized carbons (Fsp3) is 0.457. The molecular weight excluding hydrogens is 1030 g/mol. The number of aliphatic hydroxyl groups excluding tert-OH is 2. The lowest BCUT2D eigenvalue weighted by atomic mass is 9.51. The third-order valence-electron chi connectivity index (χ3n) is 18.9. The van der Waals surface area contributed by atoms with Gasteiger partial charge in [0.1, 0.15) is 30.1 Å². The minimum atomic E-state index is -0.629. The summed E-state index contributed by atoms with van der Waals surface area (Å²) in [5, 5.41) is 63.4. The van der Waals surface area contributed by atoms with Crippen molar-refractivity contribution in [2.45, 2.75) is 158 Å². The number of unbranched alkanes of at least 4 members (excludes halogenated alkanes) is 1. The lowest BCUT2D eigenvalue weighted by Gasteiger charge is -2.59. The second kappa shape index (κ2) is 25.1. The van der Waals surface area contributed by atoms with Crippen LogP contribution in [0.1, 0.15) is 141 Å². The van der Waals surface area contributed by atoms with Gasteiger partial charge in [-0.25, -0.2) is 0 Å². The van der Waals surface area contributed by atoms with E-state index in [1.165, 1.54) is 36.0 Å². The van der Waals surface area contributed by atoms with Gasteiger partial charge in [-0.1, -0.05) is 91.8 Å². The molecule has 5 aromatic carbocycles. The Labute approximate surface area is 483 Å². The minimum Gasteiger partial charge on any atom is -0.508 e. The van der Waals surface area contributed by atoms with Gasteiger partial charge in [-0.15, -0.1) is 0 Å². The van der Waals surface area contributed by atoms with Gasteiger partial charge in [0.15, 0.2) is 11.5 Å².